The van der Waals surface area contributed by atoms with E-state index in [4.69, 9.17) is 27.9 Å². The van der Waals surface area contributed by atoms with Crippen LogP contribution >= 0.6 is 34.5 Å². The number of aromatic nitrogens is 1. The van der Waals surface area contributed by atoms with Crippen LogP contribution in [0.4, 0.5) is 11.4 Å². The second-order valence-corrected chi connectivity index (χ2v) is 8.42. The quantitative estimate of drug-likeness (QED) is 0.710. The van der Waals surface area contributed by atoms with Crippen molar-refractivity contribution >= 4 is 57.8 Å². The number of carbonyl (C=O) groups excluding carboxylic acids is 2. The van der Waals surface area contributed by atoms with Crippen LogP contribution in [0.1, 0.15) is 36.9 Å². The van der Waals surface area contributed by atoms with E-state index in [0.29, 0.717) is 9.34 Å². The van der Waals surface area contributed by atoms with E-state index < -0.39 is 11.5 Å². The van der Waals surface area contributed by atoms with Crippen LogP contribution in [-0.4, -0.2) is 24.0 Å². The van der Waals surface area contributed by atoms with E-state index in [1.165, 1.54) is 18.4 Å². The van der Waals surface area contributed by atoms with Crippen LogP contribution in [0, 0.1) is 0 Å². The lowest BCUT2D eigenvalue weighted by Gasteiger charge is -2.18. The van der Waals surface area contributed by atoms with E-state index in [9.17, 15) is 9.59 Å². The smallest absolute Gasteiger partial charge is 0.308 e. The van der Waals surface area contributed by atoms with Crippen LogP contribution in [0.3, 0.4) is 0 Å². The van der Waals surface area contributed by atoms with Gasteiger partial charge in [-0.15, -0.1) is 11.3 Å². The molecule has 3 rings (SSSR count). The number of nitrogens with one attached hydrogen (secondary N) is 2. The summed E-state index contributed by atoms with van der Waals surface area (Å²) in [4.78, 5) is 28.1. The van der Waals surface area contributed by atoms with Crippen molar-refractivity contribution in [3.05, 3.63) is 38.3 Å². The highest BCUT2D eigenvalue weighted by Crippen LogP contribution is 2.40. The molecule has 26 heavy (non-hydrogen) atoms. The van der Waals surface area contributed by atoms with Gasteiger partial charge in [-0.05, 0) is 31.5 Å². The van der Waals surface area contributed by atoms with E-state index in [2.05, 4.69) is 15.6 Å². The number of ether oxygens (including phenoxy) is 1. The number of hydrogen-bond donors (Lipinski definition) is 2. The number of hydrogen-bond acceptors (Lipinski definition) is 6. The van der Waals surface area contributed by atoms with E-state index in [1.54, 1.807) is 0 Å². The van der Waals surface area contributed by atoms with Crippen LogP contribution in [0.2, 0.25) is 9.49 Å². The van der Waals surface area contributed by atoms with Crippen molar-refractivity contribution in [2.24, 2.45) is 0 Å². The van der Waals surface area contributed by atoms with Crippen molar-refractivity contribution in [1.82, 2.24) is 4.98 Å². The topological polar surface area (TPSA) is 80.3 Å². The maximum absolute atomic E-state index is 12.1. The molecular formula is C17H17Cl2N3O3S. The Morgan fingerprint density at radius 3 is 2.77 bits per heavy atom. The van der Waals surface area contributed by atoms with Crippen molar-refractivity contribution in [1.29, 1.82) is 0 Å². The molecule has 0 saturated carbocycles. The summed E-state index contributed by atoms with van der Waals surface area (Å²) in [6.07, 6.45) is 0.0611. The summed E-state index contributed by atoms with van der Waals surface area (Å²) < 4.78 is 5.13. The van der Waals surface area contributed by atoms with Crippen LogP contribution in [0.25, 0.3) is 0 Å². The monoisotopic (exact) mass is 413 g/mol. The maximum Gasteiger partial charge on any atom is 0.308 e. The predicted molar refractivity (Wildman–Crippen MR) is 103 cm³/mol. The molecule has 0 radical (unpaired) electrons. The summed E-state index contributed by atoms with van der Waals surface area (Å²) in [7, 11) is 1.33. The highest BCUT2D eigenvalue weighted by molar-refractivity contribution is 7.16. The van der Waals surface area contributed by atoms with E-state index in [1.807, 2.05) is 32.0 Å². The third-order valence-electron chi connectivity index (χ3n) is 4.31. The average Bonchev–Trinajstić information content (AvgIpc) is 3.03. The molecule has 0 aliphatic carbocycles. The molecule has 0 spiro atoms. The molecule has 6 nitrogen and oxygen atoms in total. The third kappa shape index (κ3) is 3.51. The first kappa shape index (κ1) is 18.9. The molecule has 2 N–H and O–H groups in total. The van der Waals surface area contributed by atoms with Gasteiger partial charge in [0, 0.05) is 11.4 Å². The molecule has 0 bridgehead atoms. The number of amides is 1. The Labute approximate surface area is 164 Å². The lowest BCUT2D eigenvalue weighted by Crippen LogP contribution is -2.26. The van der Waals surface area contributed by atoms with Gasteiger partial charge in [-0.2, -0.15) is 0 Å². The summed E-state index contributed by atoms with van der Waals surface area (Å²) in [6, 6.07) is 5.14. The van der Waals surface area contributed by atoms with Gasteiger partial charge in [-0.25, -0.2) is 4.98 Å². The lowest BCUT2D eigenvalue weighted by atomic mass is 9.86. The minimum Gasteiger partial charge on any atom is -0.469 e. The SMILES string of the molecule is COC(=O)CC(Nc1ccc2c(c1)NC(=O)C2(C)C)c1nc(Cl)c(Cl)s1. The normalized spacial score (nSPS) is 16.0. The molecule has 1 aliphatic rings. The third-order valence-corrected chi connectivity index (χ3v) is 6.16. The summed E-state index contributed by atoms with van der Waals surface area (Å²) >= 11 is 13.2. The molecule has 1 atom stereocenters. The van der Waals surface area contributed by atoms with E-state index in [0.717, 1.165) is 16.9 Å². The van der Waals surface area contributed by atoms with Crippen LogP contribution in [-0.2, 0) is 19.7 Å². The number of nitrogens with zero attached hydrogens (tertiary/aromatic N) is 1. The average molecular weight is 414 g/mol. The molecule has 1 unspecified atom stereocenters. The summed E-state index contributed by atoms with van der Waals surface area (Å²) in [6.45, 7) is 3.75. The molecule has 0 fully saturated rings. The lowest BCUT2D eigenvalue weighted by molar-refractivity contribution is -0.140. The molecule has 1 amide bonds. The van der Waals surface area contributed by atoms with Gasteiger partial charge in [0.2, 0.25) is 5.91 Å². The highest BCUT2D eigenvalue weighted by atomic mass is 35.5. The zero-order chi connectivity index (χ0) is 19.1. The number of fused-ring (bicyclic) bond motifs is 1. The van der Waals surface area contributed by atoms with Gasteiger partial charge in [0.1, 0.15) is 9.34 Å². The molecule has 0 saturated heterocycles. The molecule has 9 heteroatoms. The number of halogens is 2. The molecule has 1 aromatic carbocycles. The van der Waals surface area contributed by atoms with Gasteiger partial charge >= 0.3 is 5.97 Å². The molecule has 2 heterocycles. The van der Waals surface area contributed by atoms with Gasteiger partial charge in [-0.1, -0.05) is 29.3 Å². The number of carbonyl (C=O) groups is 2. The van der Waals surface area contributed by atoms with Gasteiger partial charge in [0.05, 0.1) is 25.0 Å². The van der Waals surface area contributed by atoms with Crippen molar-refractivity contribution < 1.29 is 14.3 Å². The fourth-order valence-corrected chi connectivity index (χ4v) is 4.05. The Morgan fingerprint density at radius 2 is 2.15 bits per heavy atom. The molecule has 2 aromatic rings. The number of methoxy groups -OCH3 is 1. The highest BCUT2D eigenvalue weighted by Gasteiger charge is 2.38. The first-order chi connectivity index (χ1) is 12.2. The minimum atomic E-state index is -0.574. The minimum absolute atomic E-state index is 0.0470. The number of thiazole rings is 1. The summed E-state index contributed by atoms with van der Waals surface area (Å²) in [5.41, 5.74) is 1.84. The number of esters is 1. The Kier molecular flexibility index (Phi) is 5.14. The number of anilines is 2. The Balaban J connectivity index is 1.89. The first-order valence-electron chi connectivity index (χ1n) is 7.83. The maximum atomic E-state index is 12.1. The summed E-state index contributed by atoms with van der Waals surface area (Å²) in [5.74, 6) is -0.435. The molecular weight excluding hydrogens is 397 g/mol. The van der Waals surface area contributed by atoms with Gasteiger partial charge in [0.15, 0.2) is 5.15 Å². The van der Waals surface area contributed by atoms with Crippen molar-refractivity contribution in [3.8, 4) is 0 Å². The standard InChI is InChI=1S/C17H17Cl2N3O3S/c1-17(2)9-5-4-8(6-10(9)21-16(17)24)20-11(7-12(23)25-3)15-22-13(18)14(19)26-15/h4-6,11,20H,7H2,1-3H3,(H,21,24). The van der Waals surface area contributed by atoms with Crippen LogP contribution in [0.5, 0.6) is 0 Å². The van der Waals surface area contributed by atoms with E-state index in [-0.39, 0.29) is 23.5 Å². The van der Waals surface area contributed by atoms with Gasteiger partial charge in [-0.3, -0.25) is 9.59 Å². The second kappa shape index (κ2) is 7.06. The molecule has 138 valence electrons. The number of benzene rings is 1. The summed E-state index contributed by atoms with van der Waals surface area (Å²) in [5, 5.41) is 6.91. The molecule has 1 aromatic heterocycles. The second-order valence-electron chi connectivity index (χ2n) is 6.43. The number of rotatable bonds is 5. The zero-order valence-corrected chi connectivity index (χ0v) is 16.7. The Hall–Kier alpha value is -1.83. The fourth-order valence-electron chi connectivity index (χ4n) is 2.78. The fraction of sp³-hybridized carbons (Fsp3) is 0.353. The predicted octanol–water partition coefficient (Wildman–Crippen LogP) is 4.40. The van der Waals surface area contributed by atoms with Gasteiger partial charge < -0.3 is 15.4 Å². The zero-order valence-electron chi connectivity index (χ0n) is 14.4. The van der Waals surface area contributed by atoms with Crippen molar-refractivity contribution in [3.63, 3.8) is 0 Å². The largest absolute Gasteiger partial charge is 0.469 e. The Morgan fingerprint density at radius 1 is 1.42 bits per heavy atom. The van der Waals surface area contributed by atoms with Crippen molar-refractivity contribution in [2.75, 3.05) is 17.7 Å². The van der Waals surface area contributed by atoms with E-state index >= 15 is 0 Å². The molecule has 1 aliphatic heterocycles. The Bertz CT molecular complexity index is 863. The van der Waals surface area contributed by atoms with Crippen LogP contribution in [0.15, 0.2) is 18.2 Å². The van der Waals surface area contributed by atoms with Crippen LogP contribution < -0.4 is 10.6 Å². The van der Waals surface area contributed by atoms with Crippen molar-refractivity contribution in [2.45, 2.75) is 31.7 Å². The first-order valence-corrected chi connectivity index (χ1v) is 9.40. The van der Waals surface area contributed by atoms with Gasteiger partial charge in [0.25, 0.3) is 0 Å².